The summed E-state index contributed by atoms with van der Waals surface area (Å²) < 4.78 is 29.8. The van der Waals surface area contributed by atoms with Crippen LogP contribution in [-0.4, -0.2) is 41.4 Å². The number of rotatable bonds is 4. The summed E-state index contributed by atoms with van der Waals surface area (Å²) in [5, 5.41) is 20.9. The van der Waals surface area contributed by atoms with Crippen LogP contribution >= 0.6 is 0 Å². The number of nitrogens with two attached hydrogens (primary N) is 1. The number of fused-ring (bicyclic) bond motifs is 1. The highest BCUT2D eigenvalue weighted by Crippen LogP contribution is 2.37. The van der Waals surface area contributed by atoms with Gasteiger partial charge in [-0.2, -0.15) is 10.2 Å². The van der Waals surface area contributed by atoms with Gasteiger partial charge < -0.3 is 10.0 Å². The zero-order valence-corrected chi connectivity index (χ0v) is 16.6. The van der Waals surface area contributed by atoms with Gasteiger partial charge in [0.25, 0.3) is 0 Å². The number of H-pyrrole nitrogens is 1. The lowest BCUT2D eigenvalue weighted by Crippen LogP contribution is -2.33. The Morgan fingerprint density at radius 1 is 1.26 bits per heavy atom. The Labute approximate surface area is 175 Å². The van der Waals surface area contributed by atoms with Gasteiger partial charge in [0, 0.05) is 18.3 Å². The quantitative estimate of drug-likeness (QED) is 0.428. The summed E-state index contributed by atoms with van der Waals surface area (Å²) in [6.45, 7) is 2.05. The second kappa shape index (κ2) is 7.06. The molecule has 160 valence electrons. The van der Waals surface area contributed by atoms with Gasteiger partial charge in [0.1, 0.15) is 17.5 Å². The lowest BCUT2D eigenvalue weighted by atomic mass is 10.0. The van der Waals surface area contributed by atoms with Gasteiger partial charge in [0.15, 0.2) is 23.0 Å². The smallest absolute Gasteiger partial charge is 0.186 e. The van der Waals surface area contributed by atoms with E-state index in [9.17, 15) is 13.9 Å². The van der Waals surface area contributed by atoms with Gasteiger partial charge in [-0.05, 0) is 44.0 Å². The van der Waals surface area contributed by atoms with E-state index < -0.39 is 17.4 Å². The van der Waals surface area contributed by atoms with Gasteiger partial charge in [-0.15, -0.1) is 0 Å². The fraction of sp³-hybridized carbons (Fsp3) is 0.300. The number of hydrogen-bond donors (Lipinski definition) is 3. The number of halogens is 2. The predicted octanol–water partition coefficient (Wildman–Crippen LogP) is 2.26. The van der Waals surface area contributed by atoms with Crippen molar-refractivity contribution in [3.8, 4) is 11.4 Å². The van der Waals surface area contributed by atoms with Gasteiger partial charge in [-0.3, -0.25) is 10.8 Å². The summed E-state index contributed by atoms with van der Waals surface area (Å²) in [4.78, 5) is 10.9. The van der Waals surface area contributed by atoms with E-state index in [1.807, 2.05) is 4.90 Å². The molecular formula is C20H20F2N8O. The largest absolute Gasteiger partial charge is 0.369 e. The van der Waals surface area contributed by atoms with E-state index in [0.29, 0.717) is 35.6 Å². The Hall–Kier alpha value is -3.44. The molecule has 11 heteroatoms. The molecule has 0 bridgehead atoms. The highest BCUT2D eigenvalue weighted by molar-refractivity contribution is 5.73. The zero-order valence-electron chi connectivity index (χ0n) is 16.6. The molecule has 4 N–H and O–H groups in total. The molecule has 0 saturated carbocycles. The number of aromatic amines is 1. The molecule has 5 rings (SSSR count). The molecule has 0 radical (unpaired) electrons. The average molecular weight is 426 g/mol. The van der Waals surface area contributed by atoms with Gasteiger partial charge in [0.05, 0.1) is 17.8 Å². The third-order valence-corrected chi connectivity index (χ3v) is 5.42. The lowest BCUT2D eigenvalue weighted by Gasteiger charge is -2.26. The van der Waals surface area contributed by atoms with E-state index in [2.05, 4.69) is 20.3 Å². The summed E-state index contributed by atoms with van der Waals surface area (Å²) in [5.41, 5.74) is 5.35. The first kappa shape index (κ1) is 19.5. The van der Waals surface area contributed by atoms with Crippen LogP contribution in [0, 0.1) is 11.6 Å². The van der Waals surface area contributed by atoms with Gasteiger partial charge in [0.2, 0.25) is 0 Å². The molecule has 0 aliphatic carbocycles. The molecule has 31 heavy (non-hydrogen) atoms. The van der Waals surface area contributed by atoms with Crippen molar-refractivity contribution in [1.29, 1.82) is 0 Å². The maximum atomic E-state index is 14.4. The van der Waals surface area contributed by atoms with Crippen molar-refractivity contribution in [2.24, 2.45) is 5.73 Å². The van der Waals surface area contributed by atoms with Crippen LogP contribution in [0.1, 0.15) is 37.2 Å². The Morgan fingerprint density at radius 3 is 2.87 bits per heavy atom. The van der Waals surface area contributed by atoms with E-state index >= 15 is 0 Å². The van der Waals surface area contributed by atoms with Gasteiger partial charge in [-0.1, -0.05) is 0 Å². The van der Waals surface area contributed by atoms with Crippen molar-refractivity contribution in [1.82, 2.24) is 29.8 Å². The third-order valence-electron chi connectivity index (χ3n) is 5.42. The standard InChI is InChI=1S/C20H20F2N8O/c1-20(23,31)19-26-17(27-28-19)13-10-24-30-8-6-16(25-18(13)30)29-7-2-3-15(29)12-9-11(21)4-5-14(12)22/h4-6,8-10,15,31H,2-3,7,23H2,1H3,(H,26,27,28)/t15-,20+/m1/s1. The molecule has 2 atom stereocenters. The number of benzene rings is 1. The fourth-order valence-corrected chi connectivity index (χ4v) is 3.92. The number of aromatic nitrogens is 6. The summed E-state index contributed by atoms with van der Waals surface area (Å²) in [6.07, 6.45) is 4.83. The van der Waals surface area contributed by atoms with Gasteiger partial charge >= 0.3 is 0 Å². The van der Waals surface area contributed by atoms with Gasteiger partial charge in [-0.25, -0.2) is 23.3 Å². The number of aliphatic hydroxyl groups is 1. The molecule has 3 aromatic heterocycles. The van der Waals surface area contributed by atoms with E-state index in [1.54, 1.807) is 23.0 Å². The van der Waals surface area contributed by atoms with Crippen molar-refractivity contribution >= 4 is 11.5 Å². The first-order valence-corrected chi connectivity index (χ1v) is 9.82. The predicted molar refractivity (Wildman–Crippen MR) is 108 cm³/mol. The zero-order chi connectivity index (χ0) is 21.8. The van der Waals surface area contributed by atoms with E-state index in [0.717, 1.165) is 18.6 Å². The first-order chi connectivity index (χ1) is 14.8. The van der Waals surface area contributed by atoms with Crippen LogP contribution in [0.2, 0.25) is 0 Å². The average Bonchev–Trinajstić information content (AvgIpc) is 3.47. The van der Waals surface area contributed by atoms with E-state index in [4.69, 9.17) is 10.7 Å². The Balaban J connectivity index is 1.55. The normalized spacial score (nSPS) is 18.6. The fourth-order valence-electron chi connectivity index (χ4n) is 3.92. The molecule has 4 aromatic rings. The number of nitrogens with one attached hydrogen (secondary N) is 1. The van der Waals surface area contributed by atoms with Crippen LogP contribution < -0.4 is 10.6 Å². The van der Waals surface area contributed by atoms with E-state index in [-0.39, 0.29) is 17.7 Å². The minimum Gasteiger partial charge on any atom is -0.369 e. The van der Waals surface area contributed by atoms with Crippen molar-refractivity contribution in [2.75, 3.05) is 11.4 Å². The molecular weight excluding hydrogens is 406 g/mol. The van der Waals surface area contributed by atoms with Crippen LogP contribution in [0.3, 0.4) is 0 Å². The van der Waals surface area contributed by atoms with Crippen molar-refractivity contribution in [3.05, 3.63) is 59.7 Å². The monoisotopic (exact) mass is 426 g/mol. The number of anilines is 1. The van der Waals surface area contributed by atoms with Crippen LogP contribution in [0.25, 0.3) is 17.0 Å². The number of hydrogen-bond acceptors (Lipinski definition) is 7. The highest BCUT2D eigenvalue weighted by atomic mass is 19.1. The number of nitrogens with zero attached hydrogens (tertiary/aromatic N) is 6. The second-order valence-electron chi connectivity index (χ2n) is 7.78. The van der Waals surface area contributed by atoms with Crippen LogP contribution in [0.4, 0.5) is 14.6 Å². The molecule has 0 unspecified atom stereocenters. The highest BCUT2D eigenvalue weighted by Gasteiger charge is 2.30. The molecule has 1 aliphatic rings. The van der Waals surface area contributed by atoms with Crippen LogP contribution in [-0.2, 0) is 5.72 Å². The van der Waals surface area contributed by atoms with Crippen molar-refractivity contribution in [2.45, 2.75) is 31.5 Å². The molecule has 0 amide bonds. The molecule has 9 nitrogen and oxygen atoms in total. The van der Waals surface area contributed by atoms with E-state index in [1.165, 1.54) is 13.0 Å². The summed E-state index contributed by atoms with van der Waals surface area (Å²) >= 11 is 0. The topological polar surface area (TPSA) is 121 Å². The molecule has 1 aliphatic heterocycles. The van der Waals surface area contributed by atoms with Crippen LogP contribution in [0.15, 0.2) is 36.7 Å². The lowest BCUT2D eigenvalue weighted by molar-refractivity contribution is 0.0554. The molecule has 1 saturated heterocycles. The first-order valence-electron chi connectivity index (χ1n) is 9.82. The maximum absolute atomic E-state index is 14.4. The van der Waals surface area contributed by atoms with Crippen molar-refractivity contribution in [3.63, 3.8) is 0 Å². The third kappa shape index (κ3) is 3.41. The van der Waals surface area contributed by atoms with Crippen molar-refractivity contribution < 1.29 is 13.9 Å². The maximum Gasteiger partial charge on any atom is 0.186 e. The molecule has 1 aromatic carbocycles. The summed E-state index contributed by atoms with van der Waals surface area (Å²) in [5.74, 6) is 0.100. The molecule has 4 heterocycles. The SMILES string of the molecule is C[C@](N)(O)c1nc(-c2cnn3ccc(N4CCC[C@@H]4c4cc(F)ccc4F)nc23)n[nH]1. The Kier molecular flexibility index (Phi) is 4.45. The summed E-state index contributed by atoms with van der Waals surface area (Å²) in [6, 6.07) is 4.98. The molecule has 1 fully saturated rings. The Morgan fingerprint density at radius 2 is 2.10 bits per heavy atom. The minimum absolute atomic E-state index is 0.110. The van der Waals surface area contributed by atoms with Crippen LogP contribution in [0.5, 0.6) is 0 Å². The Bertz CT molecular complexity index is 1260. The summed E-state index contributed by atoms with van der Waals surface area (Å²) in [7, 11) is 0. The molecule has 0 spiro atoms. The minimum atomic E-state index is -1.66. The second-order valence-corrected chi connectivity index (χ2v) is 7.78.